The van der Waals surface area contributed by atoms with Gasteiger partial charge in [-0.15, -0.1) is 11.3 Å². The van der Waals surface area contributed by atoms with E-state index >= 15 is 0 Å². The summed E-state index contributed by atoms with van der Waals surface area (Å²) in [5.74, 6) is 1.16. The van der Waals surface area contributed by atoms with Crippen molar-refractivity contribution in [3.05, 3.63) is 23.1 Å². The quantitative estimate of drug-likeness (QED) is 0.706. The molecule has 4 rings (SSSR count). The van der Waals surface area contributed by atoms with Crippen LogP contribution in [0.4, 0.5) is 5.69 Å². The third-order valence-corrected chi connectivity index (χ3v) is 6.28. The van der Waals surface area contributed by atoms with Gasteiger partial charge in [-0.2, -0.15) is 0 Å². The van der Waals surface area contributed by atoms with E-state index in [4.69, 9.17) is 20.2 Å². The molecule has 1 saturated carbocycles. The lowest BCUT2D eigenvalue weighted by Gasteiger charge is -2.22. The fourth-order valence-corrected chi connectivity index (χ4v) is 4.68. The molecule has 0 atom stereocenters. The number of aromatic nitrogens is 1. The Balaban J connectivity index is 1.73. The predicted molar refractivity (Wildman–Crippen MR) is 109 cm³/mol. The molecule has 2 heterocycles. The van der Waals surface area contributed by atoms with E-state index < -0.39 is 0 Å². The number of nitrogens with one attached hydrogen (secondary N) is 1. The Bertz CT molecular complexity index is 1010. The third-order valence-electron chi connectivity index (χ3n) is 5.17. The molecule has 0 unspecified atom stereocenters. The number of rotatable bonds is 4. The minimum absolute atomic E-state index is 0.0957. The highest BCUT2D eigenvalue weighted by Crippen LogP contribution is 2.38. The number of ether oxygens (including phenoxy) is 2. The number of nitrogens with two attached hydrogens (primary N) is 1. The molecule has 0 bridgehead atoms. The fourth-order valence-electron chi connectivity index (χ4n) is 3.69. The lowest BCUT2D eigenvalue weighted by molar-refractivity contribution is 0.0932. The average Bonchev–Trinajstić information content (AvgIpc) is 3.01. The van der Waals surface area contributed by atoms with Crippen molar-refractivity contribution in [3.8, 4) is 11.5 Å². The molecule has 0 saturated heterocycles. The summed E-state index contributed by atoms with van der Waals surface area (Å²) < 4.78 is 10.7. The zero-order chi connectivity index (χ0) is 19.0. The smallest absolute Gasteiger partial charge is 0.263 e. The molecule has 1 aromatic carbocycles. The highest BCUT2D eigenvalue weighted by atomic mass is 32.1. The van der Waals surface area contributed by atoms with Gasteiger partial charge >= 0.3 is 0 Å². The molecule has 27 heavy (non-hydrogen) atoms. The van der Waals surface area contributed by atoms with E-state index in [1.807, 2.05) is 18.2 Å². The second kappa shape index (κ2) is 7.23. The van der Waals surface area contributed by atoms with Crippen LogP contribution in [0.25, 0.3) is 21.1 Å². The molecule has 1 aliphatic carbocycles. The first kappa shape index (κ1) is 17.9. The zero-order valence-corrected chi connectivity index (χ0v) is 16.3. The van der Waals surface area contributed by atoms with Crippen molar-refractivity contribution in [2.24, 2.45) is 0 Å². The Morgan fingerprint density at radius 2 is 1.85 bits per heavy atom. The molecule has 0 aliphatic heterocycles. The first-order valence-electron chi connectivity index (χ1n) is 9.16. The first-order chi connectivity index (χ1) is 13.1. The van der Waals surface area contributed by atoms with Crippen LogP contribution in [0.1, 0.15) is 41.8 Å². The highest BCUT2D eigenvalue weighted by Gasteiger charge is 2.22. The van der Waals surface area contributed by atoms with Crippen molar-refractivity contribution >= 4 is 44.1 Å². The summed E-state index contributed by atoms with van der Waals surface area (Å²) in [4.78, 5) is 18.7. The number of methoxy groups -OCH3 is 2. The molecule has 1 aliphatic rings. The molecular formula is C20H23N3O3S. The number of carbonyl (C=O) groups is 1. The molecule has 6 nitrogen and oxygen atoms in total. The van der Waals surface area contributed by atoms with Crippen molar-refractivity contribution in [1.29, 1.82) is 0 Å². The molecule has 7 heteroatoms. The standard InChI is InChI=1S/C20H23N3O3S/c1-25-15-9-11-8-13-17(21)18(19(24)22-12-6-4-3-5-7-12)27-20(13)23-14(11)10-16(15)26-2/h8-10,12H,3-7,21H2,1-2H3,(H,22,24). The van der Waals surface area contributed by atoms with E-state index in [2.05, 4.69) is 5.32 Å². The number of nitrogens with zero attached hydrogens (tertiary/aromatic N) is 1. The lowest BCUT2D eigenvalue weighted by Crippen LogP contribution is -2.36. The molecular weight excluding hydrogens is 362 g/mol. The number of hydrogen-bond acceptors (Lipinski definition) is 6. The lowest BCUT2D eigenvalue weighted by atomic mass is 9.95. The molecule has 3 N–H and O–H groups in total. The van der Waals surface area contributed by atoms with Crippen LogP contribution in [0.2, 0.25) is 0 Å². The minimum Gasteiger partial charge on any atom is -0.493 e. The average molecular weight is 385 g/mol. The summed E-state index contributed by atoms with van der Waals surface area (Å²) in [5, 5.41) is 4.83. The summed E-state index contributed by atoms with van der Waals surface area (Å²) in [5.41, 5.74) is 7.59. The molecule has 2 aromatic heterocycles. The van der Waals surface area contributed by atoms with Gasteiger partial charge in [-0.1, -0.05) is 19.3 Å². The van der Waals surface area contributed by atoms with Crippen LogP contribution in [0, 0.1) is 0 Å². The Morgan fingerprint density at radius 1 is 1.15 bits per heavy atom. The van der Waals surface area contributed by atoms with Crippen molar-refractivity contribution in [2.45, 2.75) is 38.1 Å². The number of carbonyl (C=O) groups excluding carboxylic acids is 1. The van der Waals surface area contributed by atoms with Gasteiger partial charge in [0.05, 0.1) is 25.4 Å². The predicted octanol–water partition coefficient (Wildman–Crippen LogP) is 4.11. The van der Waals surface area contributed by atoms with Gasteiger partial charge in [0.1, 0.15) is 9.71 Å². The number of benzene rings is 1. The van der Waals surface area contributed by atoms with Crippen molar-refractivity contribution in [2.75, 3.05) is 20.0 Å². The monoisotopic (exact) mass is 385 g/mol. The third kappa shape index (κ3) is 3.27. The van der Waals surface area contributed by atoms with E-state index in [0.29, 0.717) is 22.1 Å². The summed E-state index contributed by atoms with van der Waals surface area (Å²) in [6.07, 6.45) is 5.67. The van der Waals surface area contributed by atoms with E-state index in [9.17, 15) is 4.79 Å². The van der Waals surface area contributed by atoms with Crippen molar-refractivity contribution < 1.29 is 14.3 Å². The van der Waals surface area contributed by atoms with Gasteiger partial charge in [-0.25, -0.2) is 4.98 Å². The number of fused-ring (bicyclic) bond motifs is 2. The number of pyridine rings is 1. The normalized spacial score (nSPS) is 15.2. The van der Waals surface area contributed by atoms with Crippen LogP contribution < -0.4 is 20.5 Å². The second-order valence-corrected chi connectivity index (χ2v) is 7.89. The van der Waals surface area contributed by atoms with Crippen LogP contribution in [-0.2, 0) is 0 Å². The van der Waals surface area contributed by atoms with Gasteiger partial charge in [-0.3, -0.25) is 4.79 Å². The number of amides is 1. The maximum absolute atomic E-state index is 12.7. The number of anilines is 1. The summed E-state index contributed by atoms with van der Waals surface area (Å²) >= 11 is 1.34. The summed E-state index contributed by atoms with van der Waals surface area (Å²) in [6.45, 7) is 0. The van der Waals surface area contributed by atoms with Crippen molar-refractivity contribution in [3.63, 3.8) is 0 Å². The van der Waals surface area contributed by atoms with Gasteiger partial charge in [0.2, 0.25) is 0 Å². The van der Waals surface area contributed by atoms with E-state index in [-0.39, 0.29) is 11.9 Å². The molecule has 3 aromatic rings. The Hall–Kier alpha value is -2.54. The van der Waals surface area contributed by atoms with Gasteiger partial charge in [-0.05, 0) is 25.0 Å². The topological polar surface area (TPSA) is 86.5 Å². The van der Waals surface area contributed by atoms with E-state index in [0.717, 1.165) is 34.0 Å². The highest BCUT2D eigenvalue weighted by molar-refractivity contribution is 7.21. The van der Waals surface area contributed by atoms with Crippen LogP contribution in [0.15, 0.2) is 18.2 Å². The van der Waals surface area contributed by atoms with Crippen LogP contribution >= 0.6 is 11.3 Å². The van der Waals surface area contributed by atoms with Crippen LogP contribution in [0.3, 0.4) is 0 Å². The van der Waals surface area contributed by atoms with Gasteiger partial charge in [0.25, 0.3) is 5.91 Å². The Kier molecular flexibility index (Phi) is 4.78. The Labute approximate surface area is 161 Å². The fraction of sp³-hybridized carbons (Fsp3) is 0.400. The number of nitrogen functional groups attached to an aromatic ring is 1. The van der Waals surface area contributed by atoms with Crippen molar-refractivity contribution in [1.82, 2.24) is 10.3 Å². The number of thiophene rings is 1. The maximum Gasteiger partial charge on any atom is 0.263 e. The van der Waals surface area contributed by atoms with Gasteiger partial charge in [0, 0.05) is 22.9 Å². The molecule has 1 fully saturated rings. The summed E-state index contributed by atoms with van der Waals surface area (Å²) in [7, 11) is 3.20. The van der Waals surface area contributed by atoms with E-state index in [1.54, 1.807) is 14.2 Å². The first-order valence-corrected chi connectivity index (χ1v) is 9.98. The zero-order valence-electron chi connectivity index (χ0n) is 15.5. The number of hydrogen-bond donors (Lipinski definition) is 2. The largest absolute Gasteiger partial charge is 0.493 e. The summed E-state index contributed by atoms with van der Waals surface area (Å²) in [6, 6.07) is 5.92. The maximum atomic E-state index is 12.7. The molecule has 142 valence electrons. The molecule has 0 radical (unpaired) electrons. The minimum atomic E-state index is -0.0957. The van der Waals surface area contributed by atoms with Gasteiger partial charge in [0.15, 0.2) is 11.5 Å². The Morgan fingerprint density at radius 3 is 2.56 bits per heavy atom. The molecule has 0 spiro atoms. The van der Waals surface area contributed by atoms with Crippen LogP contribution in [0.5, 0.6) is 11.5 Å². The molecule has 1 amide bonds. The SMILES string of the molecule is COc1cc2cc3c(N)c(C(=O)NC4CCCCC4)sc3nc2cc1OC. The van der Waals surface area contributed by atoms with Crippen LogP contribution in [-0.4, -0.2) is 31.2 Å². The van der Waals surface area contributed by atoms with E-state index in [1.165, 1.54) is 30.6 Å². The second-order valence-electron chi connectivity index (χ2n) is 6.89. The van der Waals surface area contributed by atoms with Gasteiger partial charge < -0.3 is 20.5 Å².